The van der Waals surface area contributed by atoms with Crippen molar-refractivity contribution in [3.8, 4) is 0 Å². The first-order valence-corrected chi connectivity index (χ1v) is 6.26. The van der Waals surface area contributed by atoms with Crippen molar-refractivity contribution in [2.75, 3.05) is 0 Å². The Labute approximate surface area is 112 Å². The van der Waals surface area contributed by atoms with E-state index in [-0.39, 0.29) is 12.2 Å². The van der Waals surface area contributed by atoms with Crippen molar-refractivity contribution >= 4 is 11.6 Å². The molecule has 2 aromatic rings. The van der Waals surface area contributed by atoms with Gasteiger partial charge in [-0.3, -0.25) is 4.68 Å². The van der Waals surface area contributed by atoms with Crippen LogP contribution in [0.5, 0.6) is 0 Å². The minimum absolute atomic E-state index is 0.0519. The van der Waals surface area contributed by atoms with Gasteiger partial charge in [0, 0.05) is 5.02 Å². The molecule has 2 rings (SSSR count). The molecule has 0 aliphatic heterocycles. The van der Waals surface area contributed by atoms with Crippen LogP contribution in [0.25, 0.3) is 0 Å². The number of hydrogen-bond acceptors (Lipinski definition) is 3. The minimum Gasteiger partial charge on any atom is -0.369 e. The highest BCUT2D eigenvalue weighted by atomic mass is 35.5. The Morgan fingerprint density at radius 1 is 1.28 bits per heavy atom. The summed E-state index contributed by atoms with van der Waals surface area (Å²) in [6, 6.07) is 7.70. The molecule has 1 atom stereocenters. The quantitative estimate of drug-likeness (QED) is 0.834. The second-order valence-electron chi connectivity index (χ2n) is 4.34. The van der Waals surface area contributed by atoms with Gasteiger partial charge in [0.2, 0.25) is 0 Å². The Hall–Kier alpha value is -1.39. The van der Waals surface area contributed by atoms with Crippen molar-refractivity contribution in [1.82, 2.24) is 14.8 Å². The zero-order valence-corrected chi connectivity index (χ0v) is 11.2. The first kappa shape index (κ1) is 13.1. The molecule has 0 aliphatic carbocycles. The van der Waals surface area contributed by atoms with E-state index in [9.17, 15) is 0 Å². The standard InChI is InChI=1S/C13H16ClN3O/c1-10(2)18-13(7-17-9-15-8-16-17)11-3-5-12(14)6-4-11/h3-6,8-10,13H,7H2,1-2H3. The van der Waals surface area contributed by atoms with Gasteiger partial charge in [-0.2, -0.15) is 5.10 Å². The molecule has 1 heterocycles. The molecule has 0 saturated carbocycles. The van der Waals surface area contributed by atoms with Crippen LogP contribution in [0.1, 0.15) is 25.5 Å². The van der Waals surface area contributed by atoms with Gasteiger partial charge in [0.15, 0.2) is 0 Å². The average Bonchev–Trinajstić information content (AvgIpc) is 2.81. The van der Waals surface area contributed by atoms with Crippen molar-refractivity contribution in [1.29, 1.82) is 0 Å². The molecule has 0 N–H and O–H groups in total. The third-order valence-electron chi connectivity index (χ3n) is 2.50. The van der Waals surface area contributed by atoms with Gasteiger partial charge < -0.3 is 4.74 Å². The smallest absolute Gasteiger partial charge is 0.137 e. The molecule has 0 aliphatic rings. The van der Waals surface area contributed by atoms with Crippen LogP contribution in [0.4, 0.5) is 0 Å². The molecule has 1 aromatic heterocycles. The van der Waals surface area contributed by atoms with E-state index in [1.165, 1.54) is 6.33 Å². The van der Waals surface area contributed by atoms with E-state index in [2.05, 4.69) is 10.1 Å². The Balaban J connectivity index is 2.16. The summed E-state index contributed by atoms with van der Waals surface area (Å²) in [5, 5.41) is 4.83. The molecule has 0 spiro atoms. The zero-order valence-electron chi connectivity index (χ0n) is 10.5. The molecule has 1 unspecified atom stereocenters. The van der Waals surface area contributed by atoms with Crippen LogP contribution < -0.4 is 0 Å². The van der Waals surface area contributed by atoms with Gasteiger partial charge in [-0.1, -0.05) is 23.7 Å². The summed E-state index contributed by atoms with van der Waals surface area (Å²) >= 11 is 5.90. The molecule has 5 heteroatoms. The topological polar surface area (TPSA) is 39.9 Å². The molecular weight excluding hydrogens is 250 g/mol. The van der Waals surface area contributed by atoms with Gasteiger partial charge in [-0.15, -0.1) is 0 Å². The zero-order chi connectivity index (χ0) is 13.0. The maximum absolute atomic E-state index is 5.92. The molecule has 0 bridgehead atoms. The minimum atomic E-state index is -0.0519. The Morgan fingerprint density at radius 3 is 2.56 bits per heavy atom. The van der Waals surface area contributed by atoms with Crippen LogP contribution in [0, 0.1) is 0 Å². The van der Waals surface area contributed by atoms with Crippen molar-refractivity contribution in [3.05, 3.63) is 47.5 Å². The van der Waals surface area contributed by atoms with Crippen molar-refractivity contribution in [3.63, 3.8) is 0 Å². The van der Waals surface area contributed by atoms with E-state index in [0.29, 0.717) is 6.54 Å². The van der Waals surface area contributed by atoms with Crippen LogP contribution in [0.15, 0.2) is 36.9 Å². The van der Waals surface area contributed by atoms with Gasteiger partial charge in [0.1, 0.15) is 18.8 Å². The van der Waals surface area contributed by atoms with Crippen LogP contribution in [0.2, 0.25) is 5.02 Å². The largest absolute Gasteiger partial charge is 0.369 e. The highest BCUT2D eigenvalue weighted by molar-refractivity contribution is 6.30. The molecule has 0 amide bonds. The third kappa shape index (κ3) is 3.55. The number of benzene rings is 1. The lowest BCUT2D eigenvalue weighted by Crippen LogP contribution is -2.17. The summed E-state index contributed by atoms with van der Waals surface area (Å²) in [4.78, 5) is 3.94. The van der Waals surface area contributed by atoms with Gasteiger partial charge in [0.05, 0.1) is 12.6 Å². The number of nitrogens with zero attached hydrogens (tertiary/aromatic N) is 3. The van der Waals surface area contributed by atoms with Crippen LogP contribution in [0.3, 0.4) is 0 Å². The highest BCUT2D eigenvalue weighted by Crippen LogP contribution is 2.22. The summed E-state index contributed by atoms with van der Waals surface area (Å²) in [7, 11) is 0. The van der Waals surface area contributed by atoms with Gasteiger partial charge in [-0.25, -0.2) is 4.98 Å². The third-order valence-corrected chi connectivity index (χ3v) is 2.75. The molecule has 96 valence electrons. The van der Waals surface area contributed by atoms with E-state index < -0.39 is 0 Å². The fourth-order valence-electron chi connectivity index (χ4n) is 1.73. The van der Waals surface area contributed by atoms with Gasteiger partial charge >= 0.3 is 0 Å². The van der Waals surface area contributed by atoms with Gasteiger partial charge in [0.25, 0.3) is 0 Å². The van der Waals surface area contributed by atoms with E-state index >= 15 is 0 Å². The second kappa shape index (κ2) is 5.98. The molecule has 0 fully saturated rings. The number of ether oxygens (including phenoxy) is 1. The molecule has 4 nitrogen and oxygen atoms in total. The van der Waals surface area contributed by atoms with Crippen LogP contribution in [-0.2, 0) is 11.3 Å². The van der Waals surface area contributed by atoms with Crippen molar-refractivity contribution < 1.29 is 4.74 Å². The molecule has 18 heavy (non-hydrogen) atoms. The van der Waals surface area contributed by atoms with E-state index in [4.69, 9.17) is 16.3 Å². The molecule has 0 saturated heterocycles. The lowest BCUT2D eigenvalue weighted by Gasteiger charge is -2.20. The first-order valence-electron chi connectivity index (χ1n) is 5.88. The summed E-state index contributed by atoms with van der Waals surface area (Å²) in [5.41, 5.74) is 1.09. The lowest BCUT2D eigenvalue weighted by molar-refractivity contribution is -0.00514. The van der Waals surface area contributed by atoms with E-state index in [1.807, 2.05) is 38.1 Å². The number of hydrogen-bond donors (Lipinski definition) is 0. The van der Waals surface area contributed by atoms with E-state index in [1.54, 1.807) is 11.0 Å². The van der Waals surface area contributed by atoms with Crippen LogP contribution >= 0.6 is 11.6 Å². The second-order valence-corrected chi connectivity index (χ2v) is 4.78. The monoisotopic (exact) mass is 265 g/mol. The Kier molecular flexibility index (Phi) is 4.33. The Morgan fingerprint density at radius 2 is 2.00 bits per heavy atom. The van der Waals surface area contributed by atoms with Crippen LogP contribution in [-0.4, -0.2) is 20.9 Å². The van der Waals surface area contributed by atoms with Gasteiger partial charge in [-0.05, 0) is 31.5 Å². The average molecular weight is 266 g/mol. The SMILES string of the molecule is CC(C)OC(Cn1cncn1)c1ccc(Cl)cc1. The maximum Gasteiger partial charge on any atom is 0.137 e. The molecule has 0 radical (unpaired) electrons. The lowest BCUT2D eigenvalue weighted by atomic mass is 10.1. The fraction of sp³-hybridized carbons (Fsp3) is 0.385. The summed E-state index contributed by atoms with van der Waals surface area (Å²) in [6.07, 6.45) is 3.30. The van der Waals surface area contributed by atoms with Crippen molar-refractivity contribution in [2.24, 2.45) is 0 Å². The summed E-state index contributed by atoms with van der Waals surface area (Å²) in [5.74, 6) is 0. The fourth-order valence-corrected chi connectivity index (χ4v) is 1.86. The number of aromatic nitrogens is 3. The highest BCUT2D eigenvalue weighted by Gasteiger charge is 2.15. The predicted octanol–water partition coefficient (Wildman–Crippen LogP) is 3.10. The molecule has 1 aromatic carbocycles. The predicted molar refractivity (Wildman–Crippen MR) is 70.4 cm³/mol. The number of halogens is 1. The maximum atomic E-state index is 5.92. The normalized spacial score (nSPS) is 12.9. The van der Waals surface area contributed by atoms with Crippen molar-refractivity contribution in [2.45, 2.75) is 32.6 Å². The Bertz CT molecular complexity index is 467. The summed E-state index contributed by atoms with van der Waals surface area (Å²) in [6.45, 7) is 4.67. The first-order chi connectivity index (χ1) is 8.65. The molecular formula is C13H16ClN3O. The number of rotatable bonds is 5. The summed E-state index contributed by atoms with van der Waals surface area (Å²) < 4.78 is 7.68. The van der Waals surface area contributed by atoms with E-state index in [0.717, 1.165) is 10.6 Å².